The van der Waals surface area contributed by atoms with E-state index in [1.165, 1.54) is 13.8 Å². The molecule has 0 saturated heterocycles. The van der Waals surface area contributed by atoms with Crippen molar-refractivity contribution in [2.24, 2.45) is 0 Å². The Hall–Kier alpha value is -2.58. The molecule has 21 heavy (non-hydrogen) atoms. The first-order valence-electron chi connectivity index (χ1n) is 6.02. The molecule has 0 fully saturated rings. The third-order valence-corrected chi connectivity index (χ3v) is 3.19. The number of hydrogen-bond donors (Lipinski definition) is 0. The lowest BCUT2D eigenvalue weighted by Crippen LogP contribution is -2.19. The third kappa shape index (κ3) is 2.67. The maximum atomic E-state index is 11.3. The van der Waals surface area contributed by atoms with Crippen LogP contribution in [0.3, 0.4) is 0 Å². The summed E-state index contributed by atoms with van der Waals surface area (Å²) >= 11 is 0. The van der Waals surface area contributed by atoms with Gasteiger partial charge in [0.2, 0.25) is 0 Å². The van der Waals surface area contributed by atoms with Crippen LogP contribution >= 0.6 is 0 Å². The van der Waals surface area contributed by atoms with Crippen molar-refractivity contribution in [3.63, 3.8) is 0 Å². The van der Waals surface area contributed by atoms with Crippen molar-refractivity contribution >= 4 is 17.1 Å². The summed E-state index contributed by atoms with van der Waals surface area (Å²) in [6.07, 6.45) is 0. The molecule has 0 heterocycles. The quantitative estimate of drug-likeness (QED) is 0.621. The third-order valence-electron chi connectivity index (χ3n) is 3.19. The fourth-order valence-corrected chi connectivity index (χ4v) is 2.43. The van der Waals surface area contributed by atoms with Crippen LogP contribution in [-0.2, 0) is 5.41 Å². The Labute approximate surface area is 120 Å². The predicted molar refractivity (Wildman–Crippen MR) is 74.6 cm³/mol. The van der Waals surface area contributed by atoms with Gasteiger partial charge in [-0.05, 0) is 13.8 Å². The van der Waals surface area contributed by atoms with Crippen LogP contribution in [0, 0.1) is 44.2 Å². The topological polar surface area (TPSA) is 129 Å². The highest BCUT2D eigenvalue weighted by Crippen LogP contribution is 2.46. The van der Waals surface area contributed by atoms with Crippen molar-refractivity contribution < 1.29 is 14.8 Å². The summed E-state index contributed by atoms with van der Waals surface area (Å²) in [5, 5.41) is 33.7. The van der Waals surface area contributed by atoms with Gasteiger partial charge in [0.1, 0.15) is 16.7 Å². The van der Waals surface area contributed by atoms with Gasteiger partial charge in [-0.15, -0.1) is 0 Å². The van der Waals surface area contributed by atoms with Gasteiger partial charge in [0.25, 0.3) is 17.1 Å². The molecule has 0 saturated carbocycles. The Bertz CT molecular complexity index is 619. The Morgan fingerprint density at radius 3 is 1.52 bits per heavy atom. The number of nitro benzene ring substituents is 3. The van der Waals surface area contributed by atoms with E-state index >= 15 is 0 Å². The zero-order valence-corrected chi connectivity index (χ0v) is 12.3. The number of rotatable bonds is 3. The largest absolute Gasteiger partial charge is 0.289 e. The Kier molecular flexibility index (Phi) is 3.98. The van der Waals surface area contributed by atoms with Crippen molar-refractivity contribution in [1.29, 1.82) is 0 Å². The smallest absolute Gasteiger partial charge is 0.258 e. The highest BCUT2D eigenvalue weighted by molar-refractivity contribution is 5.72. The van der Waals surface area contributed by atoms with Crippen LogP contribution in [0.15, 0.2) is 0 Å². The number of hydrogen-bond acceptors (Lipinski definition) is 6. The minimum atomic E-state index is -0.907. The molecule has 9 heteroatoms. The fourth-order valence-electron chi connectivity index (χ4n) is 2.43. The van der Waals surface area contributed by atoms with Gasteiger partial charge in [-0.2, -0.15) is 0 Å². The minimum absolute atomic E-state index is 0.0990. The van der Waals surface area contributed by atoms with Crippen molar-refractivity contribution in [3.8, 4) is 0 Å². The highest BCUT2D eigenvalue weighted by Gasteiger charge is 2.42. The zero-order chi connectivity index (χ0) is 16.7. The standard InChI is InChI=1S/C12H15N3O6/c1-6-9(13(16)17)7(2)11(15(20)21)8(12(3,4)5)10(6)14(18)19/h1-5H3/i1+2. The van der Waals surface area contributed by atoms with Crippen LogP contribution in [0.2, 0.25) is 0 Å². The van der Waals surface area contributed by atoms with E-state index in [2.05, 4.69) is 0 Å². The van der Waals surface area contributed by atoms with Crippen molar-refractivity contribution in [2.75, 3.05) is 0 Å². The molecule has 0 N–H and O–H groups in total. The van der Waals surface area contributed by atoms with E-state index < -0.39 is 37.2 Å². The summed E-state index contributed by atoms with van der Waals surface area (Å²) < 4.78 is 0. The van der Waals surface area contributed by atoms with Crippen LogP contribution in [0.25, 0.3) is 0 Å². The normalized spacial score (nSPS) is 11.3. The first-order valence-corrected chi connectivity index (χ1v) is 6.02. The fraction of sp³-hybridized carbons (Fsp3) is 0.500. The van der Waals surface area contributed by atoms with Crippen LogP contribution in [0.1, 0.15) is 37.5 Å². The Morgan fingerprint density at radius 1 is 0.857 bits per heavy atom. The summed E-state index contributed by atoms with van der Waals surface area (Å²) in [5.41, 5.74) is -3.05. The van der Waals surface area contributed by atoms with E-state index in [1.54, 1.807) is 20.8 Å². The molecule has 1 rings (SSSR count). The first-order chi connectivity index (χ1) is 9.41. The van der Waals surface area contributed by atoms with Gasteiger partial charge in [0, 0.05) is 5.41 Å². The van der Waals surface area contributed by atoms with E-state index in [0.717, 1.165) is 0 Å². The SMILES string of the molecule is Cc1c([N+](=O)[O-])c([14CH3])c([N+](=O)[O-])c(C(C)(C)C)c1[N+](=O)[O-]. The van der Waals surface area contributed by atoms with Crippen LogP contribution in [0.5, 0.6) is 0 Å². The van der Waals surface area contributed by atoms with Gasteiger partial charge in [-0.3, -0.25) is 30.3 Å². The maximum absolute atomic E-state index is 11.3. The molecule has 1 aromatic rings. The maximum Gasteiger partial charge on any atom is 0.289 e. The van der Waals surface area contributed by atoms with E-state index in [4.69, 9.17) is 0 Å². The molecular weight excluding hydrogens is 284 g/mol. The summed E-state index contributed by atoms with van der Waals surface area (Å²) in [5.74, 6) is 0. The average Bonchev–Trinajstić information content (AvgIpc) is 2.24. The number of benzene rings is 1. The summed E-state index contributed by atoms with van der Waals surface area (Å²) in [4.78, 5) is 31.3. The molecule has 9 nitrogen and oxygen atoms in total. The molecule has 0 spiro atoms. The van der Waals surface area contributed by atoms with Crippen molar-refractivity contribution in [2.45, 2.75) is 40.0 Å². The molecule has 114 valence electrons. The van der Waals surface area contributed by atoms with Gasteiger partial charge < -0.3 is 0 Å². The van der Waals surface area contributed by atoms with E-state index in [0.29, 0.717) is 0 Å². The summed E-state index contributed by atoms with van der Waals surface area (Å²) in [6, 6.07) is 0. The van der Waals surface area contributed by atoms with Crippen LogP contribution in [0.4, 0.5) is 17.1 Å². The summed E-state index contributed by atoms with van der Waals surface area (Å²) in [6.45, 7) is 7.25. The molecule has 0 aliphatic rings. The van der Waals surface area contributed by atoms with E-state index in [9.17, 15) is 30.3 Å². The molecule has 0 aliphatic heterocycles. The van der Waals surface area contributed by atoms with Crippen LogP contribution < -0.4 is 0 Å². The molecule has 0 atom stereocenters. The van der Waals surface area contributed by atoms with E-state index in [1.807, 2.05) is 0 Å². The second kappa shape index (κ2) is 5.08. The molecule has 0 bridgehead atoms. The molecular formula is C12H15N3O6. The molecule has 0 aromatic heterocycles. The summed E-state index contributed by atoms with van der Waals surface area (Å²) in [7, 11) is 0. The van der Waals surface area contributed by atoms with Gasteiger partial charge in [-0.25, -0.2) is 0 Å². The Balaban J connectivity index is 4.17. The van der Waals surface area contributed by atoms with Crippen molar-refractivity contribution in [3.05, 3.63) is 47.0 Å². The zero-order valence-electron chi connectivity index (χ0n) is 12.3. The second-order valence-electron chi connectivity index (χ2n) is 5.69. The van der Waals surface area contributed by atoms with Crippen LogP contribution in [-0.4, -0.2) is 14.8 Å². The number of nitro groups is 3. The lowest BCUT2D eigenvalue weighted by Gasteiger charge is -2.20. The molecule has 0 radical (unpaired) electrons. The molecule has 1 aromatic carbocycles. The highest BCUT2D eigenvalue weighted by atomic mass is 16.6. The predicted octanol–water partition coefficient (Wildman–Crippen LogP) is 3.33. The van der Waals surface area contributed by atoms with Gasteiger partial charge in [-0.1, -0.05) is 20.8 Å². The number of nitrogens with zero attached hydrogens (tertiary/aromatic N) is 3. The van der Waals surface area contributed by atoms with E-state index in [-0.39, 0.29) is 16.7 Å². The van der Waals surface area contributed by atoms with Crippen molar-refractivity contribution in [1.82, 2.24) is 0 Å². The molecule has 0 amide bonds. The molecule has 0 unspecified atom stereocenters. The van der Waals surface area contributed by atoms with Gasteiger partial charge >= 0.3 is 0 Å². The molecule has 0 aliphatic carbocycles. The lowest BCUT2D eigenvalue weighted by atomic mass is 9.82. The monoisotopic (exact) mass is 299 g/mol. The second-order valence-corrected chi connectivity index (χ2v) is 5.69. The lowest BCUT2D eigenvalue weighted by molar-refractivity contribution is -0.406. The van der Waals surface area contributed by atoms with Gasteiger partial charge in [0.15, 0.2) is 0 Å². The average molecular weight is 299 g/mol. The Morgan fingerprint density at radius 2 is 1.24 bits per heavy atom. The first kappa shape index (κ1) is 16.5. The van der Waals surface area contributed by atoms with Gasteiger partial charge in [0.05, 0.1) is 14.8 Å². The minimum Gasteiger partial charge on any atom is -0.258 e.